The van der Waals surface area contributed by atoms with Crippen LogP contribution in [0.25, 0.3) is 0 Å². The first-order valence-corrected chi connectivity index (χ1v) is 5.10. The van der Waals surface area contributed by atoms with Crippen LogP contribution in [0, 0.1) is 5.92 Å². The smallest absolute Gasteiger partial charge is 0.239 e. The number of hydrogen-bond donors (Lipinski definition) is 2. The van der Waals surface area contributed by atoms with Gasteiger partial charge in [-0.2, -0.15) is 0 Å². The van der Waals surface area contributed by atoms with Gasteiger partial charge in [-0.05, 0) is 19.3 Å². The van der Waals surface area contributed by atoms with Crippen molar-refractivity contribution in [3.05, 3.63) is 0 Å². The van der Waals surface area contributed by atoms with Gasteiger partial charge in [0.2, 0.25) is 5.91 Å². The second-order valence-electron chi connectivity index (χ2n) is 4.78. The van der Waals surface area contributed by atoms with Gasteiger partial charge in [0.25, 0.3) is 0 Å². The molecule has 0 aromatic carbocycles. The molecule has 0 saturated carbocycles. The van der Waals surface area contributed by atoms with Gasteiger partial charge in [-0.15, -0.1) is 0 Å². The molecule has 1 saturated heterocycles. The molecule has 1 unspecified atom stereocenters. The monoisotopic (exact) mass is 200 g/mol. The molecular weight excluding hydrogens is 180 g/mol. The molecule has 1 aliphatic rings. The summed E-state index contributed by atoms with van der Waals surface area (Å²) < 4.78 is 0. The minimum absolute atomic E-state index is 0.0437. The zero-order valence-electron chi connectivity index (χ0n) is 9.16. The quantitative estimate of drug-likeness (QED) is 0.657. The van der Waals surface area contributed by atoms with E-state index in [9.17, 15) is 9.90 Å². The van der Waals surface area contributed by atoms with Gasteiger partial charge in [0.05, 0.1) is 11.6 Å². The Balaban J connectivity index is 2.56. The van der Waals surface area contributed by atoms with Gasteiger partial charge in [0, 0.05) is 13.1 Å². The maximum atomic E-state index is 11.8. The van der Waals surface area contributed by atoms with Crippen LogP contribution in [-0.4, -0.2) is 40.6 Å². The van der Waals surface area contributed by atoms with E-state index in [1.165, 1.54) is 0 Å². The number of β-amino-alcohol motifs (C(OH)–C–C–N with tert-alkyl or cyclic N) is 1. The summed E-state index contributed by atoms with van der Waals surface area (Å²) in [5.74, 6) is 0.103. The van der Waals surface area contributed by atoms with Crippen molar-refractivity contribution in [2.45, 2.75) is 38.8 Å². The zero-order valence-corrected chi connectivity index (χ0v) is 9.16. The van der Waals surface area contributed by atoms with Gasteiger partial charge < -0.3 is 15.7 Å². The summed E-state index contributed by atoms with van der Waals surface area (Å²) >= 11 is 0. The summed E-state index contributed by atoms with van der Waals surface area (Å²) in [5.41, 5.74) is 5.03. The molecular formula is C10H20N2O2. The summed E-state index contributed by atoms with van der Waals surface area (Å²) in [4.78, 5) is 13.4. The molecule has 0 radical (unpaired) electrons. The number of aliphatic hydroxyl groups is 1. The van der Waals surface area contributed by atoms with E-state index in [-0.39, 0.29) is 11.8 Å². The van der Waals surface area contributed by atoms with Gasteiger partial charge in [-0.1, -0.05) is 13.8 Å². The predicted molar refractivity (Wildman–Crippen MR) is 54.6 cm³/mol. The third-order valence-corrected chi connectivity index (χ3v) is 2.77. The van der Waals surface area contributed by atoms with E-state index in [4.69, 9.17) is 5.73 Å². The van der Waals surface area contributed by atoms with E-state index in [1.807, 2.05) is 13.8 Å². The maximum Gasteiger partial charge on any atom is 0.239 e. The van der Waals surface area contributed by atoms with Crippen molar-refractivity contribution in [3.8, 4) is 0 Å². The van der Waals surface area contributed by atoms with E-state index in [1.54, 1.807) is 11.8 Å². The minimum Gasteiger partial charge on any atom is -0.388 e. The van der Waals surface area contributed by atoms with Crippen LogP contribution in [0.4, 0.5) is 0 Å². The van der Waals surface area contributed by atoms with Crippen LogP contribution in [0.1, 0.15) is 27.2 Å². The van der Waals surface area contributed by atoms with E-state index in [0.29, 0.717) is 19.5 Å². The molecule has 4 heteroatoms. The molecule has 0 aliphatic carbocycles. The summed E-state index contributed by atoms with van der Waals surface area (Å²) in [5, 5.41) is 9.70. The van der Waals surface area contributed by atoms with Crippen LogP contribution in [0.15, 0.2) is 0 Å². The first-order valence-electron chi connectivity index (χ1n) is 5.10. The topological polar surface area (TPSA) is 66.6 Å². The number of carbonyl (C=O) groups excluding carboxylic acids is 1. The molecule has 3 N–H and O–H groups in total. The average Bonchev–Trinajstić information content (AvgIpc) is 2.43. The summed E-state index contributed by atoms with van der Waals surface area (Å²) in [7, 11) is 0. The fourth-order valence-corrected chi connectivity index (χ4v) is 1.63. The number of amides is 1. The Kier molecular flexibility index (Phi) is 3.17. The van der Waals surface area contributed by atoms with Gasteiger partial charge >= 0.3 is 0 Å². The maximum absolute atomic E-state index is 11.8. The number of hydrogen-bond acceptors (Lipinski definition) is 3. The third-order valence-electron chi connectivity index (χ3n) is 2.77. The molecule has 82 valence electrons. The molecule has 2 atom stereocenters. The molecule has 4 nitrogen and oxygen atoms in total. The summed E-state index contributed by atoms with van der Waals surface area (Å²) in [6.07, 6.45) is 0.642. The average molecular weight is 200 g/mol. The lowest BCUT2D eigenvalue weighted by atomic mass is 10.0. The third kappa shape index (κ3) is 2.45. The van der Waals surface area contributed by atoms with E-state index in [2.05, 4.69) is 0 Å². The fraction of sp³-hybridized carbons (Fsp3) is 0.900. The van der Waals surface area contributed by atoms with E-state index < -0.39 is 11.6 Å². The molecule has 0 bridgehead atoms. The highest BCUT2D eigenvalue weighted by Crippen LogP contribution is 2.21. The number of carbonyl (C=O) groups is 1. The second-order valence-corrected chi connectivity index (χ2v) is 4.78. The van der Waals surface area contributed by atoms with E-state index in [0.717, 1.165) is 0 Å². The molecule has 1 rings (SSSR count). The molecule has 1 heterocycles. The van der Waals surface area contributed by atoms with Crippen molar-refractivity contribution < 1.29 is 9.90 Å². The molecule has 1 aliphatic heterocycles. The normalized spacial score (nSPS) is 29.7. The van der Waals surface area contributed by atoms with Crippen LogP contribution in [0.5, 0.6) is 0 Å². The molecule has 0 spiro atoms. The van der Waals surface area contributed by atoms with Crippen LogP contribution in [0.2, 0.25) is 0 Å². The van der Waals surface area contributed by atoms with Crippen molar-refractivity contribution in [2.75, 3.05) is 13.1 Å². The Hall–Kier alpha value is -0.610. The molecule has 0 aromatic heterocycles. The van der Waals surface area contributed by atoms with Crippen LogP contribution in [-0.2, 0) is 4.79 Å². The number of nitrogens with zero attached hydrogens (tertiary/aromatic N) is 1. The Morgan fingerprint density at radius 2 is 2.14 bits per heavy atom. The van der Waals surface area contributed by atoms with Crippen molar-refractivity contribution in [1.29, 1.82) is 0 Å². The molecule has 0 aromatic rings. The second kappa shape index (κ2) is 3.87. The van der Waals surface area contributed by atoms with Crippen LogP contribution < -0.4 is 5.73 Å². The molecule has 1 fully saturated rings. The Labute approximate surface area is 85.1 Å². The first kappa shape index (κ1) is 11.5. The van der Waals surface area contributed by atoms with Crippen LogP contribution >= 0.6 is 0 Å². The summed E-state index contributed by atoms with van der Waals surface area (Å²) in [6, 6.07) is -0.441. The lowest BCUT2D eigenvalue weighted by Gasteiger charge is -2.24. The van der Waals surface area contributed by atoms with Crippen LogP contribution in [0.3, 0.4) is 0 Å². The highest BCUT2D eigenvalue weighted by atomic mass is 16.3. The lowest BCUT2D eigenvalue weighted by Crippen LogP contribution is -2.46. The van der Waals surface area contributed by atoms with E-state index >= 15 is 0 Å². The fourth-order valence-electron chi connectivity index (χ4n) is 1.63. The van der Waals surface area contributed by atoms with Crippen molar-refractivity contribution >= 4 is 5.91 Å². The van der Waals surface area contributed by atoms with Gasteiger partial charge in [0.15, 0.2) is 0 Å². The van der Waals surface area contributed by atoms with Crippen molar-refractivity contribution in [3.63, 3.8) is 0 Å². The molecule has 14 heavy (non-hydrogen) atoms. The van der Waals surface area contributed by atoms with Gasteiger partial charge in [-0.3, -0.25) is 4.79 Å². The predicted octanol–water partition coefficient (Wildman–Crippen LogP) is -0.0470. The van der Waals surface area contributed by atoms with Gasteiger partial charge in [-0.25, -0.2) is 0 Å². The Morgan fingerprint density at radius 1 is 1.57 bits per heavy atom. The minimum atomic E-state index is -0.730. The molecule has 1 amide bonds. The SMILES string of the molecule is CC(C)[C@@H](N)C(=O)N1CCC(C)(O)C1. The zero-order chi connectivity index (χ0) is 10.9. The van der Waals surface area contributed by atoms with Crippen molar-refractivity contribution in [2.24, 2.45) is 11.7 Å². The van der Waals surface area contributed by atoms with Gasteiger partial charge in [0.1, 0.15) is 0 Å². The number of nitrogens with two attached hydrogens (primary N) is 1. The number of likely N-dealkylation sites (tertiary alicyclic amines) is 1. The summed E-state index contributed by atoms with van der Waals surface area (Å²) in [6.45, 7) is 6.63. The first-order chi connectivity index (χ1) is 6.33. The highest BCUT2D eigenvalue weighted by molar-refractivity contribution is 5.82. The largest absolute Gasteiger partial charge is 0.388 e. The number of rotatable bonds is 2. The Morgan fingerprint density at radius 3 is 2.50 bits per heavy atom. The lowest BCUT2D eigenvalue weighted by molar-refractivity contribution is -0.133. The standard InChI is InChI=1S/C10H20N2O2/c1-7(2)8(11)9(13)12-5-4-10(3,14)6-12/h7-8,14H,4-6,11H2,1-3H3/t8-,10?/m1/s1. The highest BCUT2D eigenvalue weighted by Gasteiger charge is 2.36. The Bertz CT molecular complexity index is 226. The van der Waals surface area contributed by atoms with Crippen molar-refractivity contribution in [1.82, 2.24) is 4.90 Å².